The number of aliphatic carboxylic acids is 1. The number of carboxylic acids is 1. The maximum absolute atomic E-state index is 12.8. The van der Waals surface area contributed by atoms with Crippen LogP contribution in [0.2, 0.25) is 0 Å². The van der Waals surface area contributed by atoms with Gasteiger partial charge >= 0.3 is 5.97 Å². The highest BCUT2D eigenvalue weighted by molar-refractivity contribution is 7.92. The summed E-state index contributed by atoms with van der Waals surface area (Å²) in [4.78, 5) is 11.2. The third-order valence-electron chi connectivity index (χ3n) is 3.11. The summed E-state index contributed by atoms with van der Waals surface area (Å²) in [6, 6.07) is 14.0. The average Bonchev–Trinajstić information content (AvgIpc) is 2.53. The van der Waals surface area contributed by atoms with E-state index < -0.39 is 22.5 Å². The van der Waals surface area contributed by atoms with Crippen molar-refractivity contribution in [3.63, 3.8) is 0 Å². The molecule has 2 aromatic carbocycles. The van der Waals surface area contributed by atoms with E-state index in [1.165, 1.54) is 24.3 Å². The van der Waals surface area contributed by atoms with Crippen molar-refractivity contribution in [3.8, 4) is 5.75 Å². The molecule has 0 radical (unpaired) electrons. The van der Waals surface area contributed by atoms with Crippen LogP contribution in [0.3, 0.4) is 0 Å². The van der Waals surface area contributed by atoms with E-state index in [0.717, 1.165) is 4.31 Å². The first kappa shape index (κ1) is 17.8. The number of sulfonamides is 1. The van der Waals surface area contributed by atoms with Crippen molar-refractivity contribution in [2.75, 3.05) is 10.8 Å². The predicted octanol–water partition coefficient (Wildman–Crippen LogP) is 2.75. The summed E-state index contributed by atoms with van der Waals surface area (Å²) in [5, 5.41) is 9.10. The minimum Gasteiger partial charge on any atom is -0.491 e. The highest BCUT2D eigenvalue weighted by atomic mass is 32.2. The summed E-state index contributed by atoms with van der Waals surface area (Å²) in [7, 11) is -3.97. The smallest absolute Gasteiger partial charge is 0.324 e. The van der Waals surface area contributed by atoms with Gasteiger partial charge in [0.05, 0.1) is 16.7 Å². The Kier molecular flexibility index (Phi) is 5.46. The van der Waals surface area contributed by atoms with Crippen LogP contribution >= 0.6 is 0 Å². The summed E-state index contributed by atoms with van der Waals surface area (Å²) < 4.78 is 31.9. The molecule has 0 spiro atoms. The first-order valence-corrected chi connectivity index (χ1v) is 8.81. The van der Waals surface area contributed by atoms with Gasteiger partial charge in [-0.3, -0.25) is 9.10 Å². The van der Waals surface area contributed by atoms with Gasteiger partial charge in [-0.2, -0.15) is 0 Å². The SMILES string of the molecule is CC(C)Oc1ccc(N(CC(=O)O)S(=O)(=O)c2ccccc2)cc1. The number of carbonyl (C=O) groups is 1. The second kappa shape index (κ2) is 7.35. The molecule has 0 aliphatic heterocycles. The van der Waals surface area contributed by atoms with Crippen LogP contribution < -0.4 is 9.04 Å². The van der Waals surface area contributed by atoms with E-state index >= 15 is 0 Å². The molecule has 1 N–H and O–H groups in total. The van der Waals surface area contributed by atoms with Crippen molar-refractivity contribution in [3.05, 3.63) is 54.6 Å². The molecule has 0 saturated carbocycles. The highest BCUT2D eigenvalue weighted by Gasteiger charge is 2.26. The molecule has 0 unspecified atom stereocenters. The van der Waals surface area contributed by atoms with Crippen LogP contribution in [0, 0.1) is 0 Å². The molecule has 0 aliphatic carbocycles. The van der Waals surface area contributed by atoms with Crippen molar-refractivity contribution in [2.45, 2.75) is 24.8 Å². The lowest BCUT2D eigenvalue weighted by molar-refractivity contribution is -0.135. The fraction of sp³-hybridized carbons (Fsp3) is 0.235. The van der Waals surface area contributed by atoms with E-state index in [9.17, 15) is 13.2 Å². The Morgan fingerprint density at radius 1 is 1.08 bits per heavy atom. The number of ether oxygens (including phenoxy) is 1. The molecule has 6 nitrogen and oxygen atoms in total. The first-order chi connectivity index (χ1) is 11.3. The van der Waals surface area contributed by atoms with Gasteiger partial charge in [0.2, 0.25) is 0 Å². The van der Waals surface area contributed by atoms with Crippen LogP contribution in [0.1, 0.15) is 13.8 Å². The zero-order chi connectivity index (χ0) is 17.7. The van der Waals surface area contributed by atoms with Crippen LogP contribution in [0.4, 0.5) is 5.69 Å². The van der Waals surface area contributed by atoms with Gasteiger partial charge in [-0.15, -0.1) is 0 Å². The number of hydrogen-bond acceptors (Lipinski definition) is 4. The van der Waals surface area contributed by atoms with Crippen molar-refractivity contribution in [1.82, 2.24) is 0 Å². The summed E-state index contributed by atoms with van der Waals surface area (Å²) in [6.07, 6.45) is -0.0148. The number of rotatable bonds is 7. The van der Waals surface area contributed by atoms with Crippen LogP contribution in [-0.2, 0) is 14.8 Å². The molecule has 2 rings (SSSR count). The lowest BCUT2D eigenvalue weighted by atomic mass is 10.3. The van der Waals surface area contributed by atoms with Crippen molar-refractivity contribution < 1.29 is 23.1 Å². The largest absolute Gasteiger partial charge is 0.491 e. The fourth-order valence-electron chi connectivity index (χ4n) is 2.12. The fourth-order valence-corrected chi connectivity index (χ4v) is 3.56. The maximum atomic E-state index is 12.8. The minimum absolute atomic E-state index is 0.0148. The topological polar surface area (TPSA) is 83.9 Å². The van der Waals surface area contributed by atoms with Crippen LogP contribution in [0.25, 0.3) is 0 Å². The maximum Gasteiger partial charge on any atom is 0.324 e. The Bertz CT molecular complexity index is 785. The van der Waals surface area contributed by atoms with E-state index in [0.29, 0.717) is 5.75 Å². The van der Waals surface area contributed by atoms with Crippen LogP contribution in [0.5, 0.6) is 5.75 Å². The van der Waals surface area contributed by atoms with E-state index in [2.05, 4.69) is 0 Å². The second-order valence-corrected chi connectivity index (χ2v) is 7.24. The number of nitrogens with zero attached hydrogens (tertiary/aromatic N) is 1. The third-order valence-corrected chi connectivity index (χ3v) is 4.89. The zero-order valence-electron chi connectivity index (χ0n) is 13.4. The normalized spacial score (nSPS) is 11.3. The van der Waals surface area contributed by atoms with Crippen LogP contribution in [-0.4, -0.2) is 32.1 Å². The summed E-state index contributed by atoms with van der Waals surface area (Å²) in [6.45, 7) is 3.09. The Labute approximate surface area is 141 Å². The molecule has 0 amide bonds. The highest BCUT2D eigenvalue weighted by Crippen LogP contribution is 2.26. The molecule has 7 heteroatoms. The molecule has 0 atom stereocenters. The Hall–Kier alpha value is -2.54. The lowest BCUT2D eigenvalue weighted by Crippen LogP contribution is -2.35. The van der Waals surface area contributed by atoms with Crippen molar-refractivity contribution in [1.29, 1.82) is 0 Å². The molecule has 128 valence electrons. The van der Waals surface area contributed by atoms with Gasteiger partial charge < -0.3 is 9.84 Å². The number of carboxylic acid groups (broad SMARTS) is 1. The van der Waals surface area contributed by atoms with Gasteiger partial charge in [0, 0.05) is 0 Å². The number of hydrogen-bond donors (Lipinski definition) is 1. The third kappa shape index (κ3) is 4.26. The quantitative estimate of drug-likeness (QED) is 0.831. The predicted molar refractivity (Wildman–Crippen MR) is 90.8 cm³/mol. The van der Waals surface area contributed by atoms with Gasteiger partial charge in [-0.25, -0.2) is 8.42 Å². The van der Waals surface area contributed by atoms with Crippen molar-refractivity contribution >= 4 is 21.7 Å². The number of anilines is 1. The molecule has 0 heterocycles. The van der Waals surface area contributed by atoms with E-state index in [-0.39, 0.29) is 16.7 Å². The van der Waals surface area contributed by atoms with Gasteiger partial charge in [0.1, 0.15) is 12.3 Å². The molecule has 0 aliphatic rings. The Balaban J connectivity index is 2.40. The van der Waals surface area contributed by atoms with Gasteiger partial charge in [0.15, 0.2) is 0 Å². The van der Waals surface area contributed by atoms with E-state index in [4.69, 9.17) is 9.84 Å². The number of benzene rings is 2. The molecule has 0 bridgehead atoms. The van der Waals surface area contributed by atoms with E-state index in [1.54, 1.807) is 30.3 Å². The zero-order valence-corrected chi connectivity index (χ0v) is 14.2. The summed E-state index contributed by atoms with van der Waals surface area (Å²) in [5.74, 6) is -0.654. The second-order valence-electron chi connectivity index (χ2n) is 5.38. The first-order valence-electron chi connectivity index (χ1n) is 7.37. The Morgan fingerprint density at radius 2 is 1.67 bits per heavy atom. The molecule has 0 saturated heterocycles. The molecule has 0 aromatic heterocycles. The molecular weight excluding hydrogens is 330 g/mol. The van der Waals surface area contributed by atoms with Gasteiger partial charge in [-0.05, 0) is 50.2 Å². The Morgan fingerprint density at radius 3 is 2.17 bits per heavy atom. The molecule has 2 aromatic rings. The lowest BCUT2D eigenvalue weighted by Gasteiger charge is -2.23. The van der Waals surface area contributed by atoms with Gasteiger partial charge in [0.25, 0.3) is 10.0 Å². The molecule has 0 fully saturated rings. The average molecular weight is 349 g/mol. The van der Waals surface area contributed by atoms with Crippen molar-refractivity contribution in [2.24, 2.45) is 0 Å². The van der Waals surface area contributed by atoms with E-state index in [1.807, 2.05) is 13.8 Å². The minimum atomic E-state index is -3.97. The van der Waals surface area contributed by atoms with Crippen LogP contribution in [0.15, 0.2) is 59.5 Å². The summed E-state index contributed by atoms with van der Waals surface area (Å²) in [5.41, 5.74) is 0.261. The van der Waals surface area contributed by atoms with Gasteiger partial charge in [-0.1, -0.05) is 18.2 Å². The molecular formula is C17H19NO5S. The monoisotopic (exact) mass is 349 g/mol. The summed E-state index contributed by atoms with van der Waals surface area (Å²) >= 11 is 0. The standard InChI is InChI=1S/C17H19NO5S/c1-13(2)23-15-10-8-14(9-11-15)18(12-17(19)20)24(21,22)16-6-4-3-5-7-16/h3-11,13H,12H2,1-2H3,(H,19,20). The molecule has 24 heavy (non-hydrogen) atoms.